The largest absolute Gasteiger partial charge is 0.416 e. The smallest absolute Gasteiger partial charge is 0.379 e. The van der Waals surface area contributed by atoms with E-state index in [4.69, 9.17) is 0 Å². The average Bonchev–Trinajstić information content (AvgIpc) is 2.93. The Balaban J connectivity index is 1.46. The number of hydrogen-bond acceptors (Lipinski definition) is 6. The number of anilines is 1. The highest BCUT2D eigenvalue weighted by molar-refractivity contribution is 5.76. The maximum Gasteiger partial charge on any atom is 0.416 e. The van der Waals surface area contributed by atoms with Gasteiger partial charge in [-0.3, -0.25) is 14.9 Å². The lowest BCUT2D eigenvalue weighted by Gasteiger charge is -2.11. The van der Waals surface area contributed by atoms with E-state index in [0.717, 1.165) is 56.0 Å². The van der Waals surface area contributed by atoms with Crippen LogP contribution in [0.5, 0.6) is 0 Å². The van der Waals surface area contributed by atoms with Gasteiger partial charge in [0.05, 0.1) is 10.5 Å². The van der Waals surface area contributed by atoms with Gasteiger partial charge in [-0.2, -0.15) is 13.2 Å². The van der Waals surface area contributed by atoms with E-state index in [0.29, 0.717) is 19.0 Å². The van der Waals surface area contributed by atoms with E-state index in [1.165, 1.54) is 0 Å². The molecule has 1 aliphatic heterocycles. The zero-order valence-corrected chi connectivity index (χ0v) is 16.7. The number of amides is 1. The van der Waals surface area contributed by atoms with Crippen molar-refractivity contribution in [1.29, 1.82) is 0 Å². The van der Waals surface area contributed by atoms with E-state index in [9.17, 15) is 28.1 Å². The van der Waals surface area contributed by atoms with Gasteiger partial charge in [0.2, 0.25) is 5.91 Å². The molecule has 168 valence electrons. The monoisotopic (exact) mass is 440 g/mol. The van der Waals surface area contributed by atoms with E-state index >= 15 is 0 Å². The third kappa shape index (κ3) is 5.92. The summed E-state index contributed by atoms with van der Waals surface area (Å²) in [6, 6.07) is 2.23. The van der Waals surface area contributed by atoms with Crippen molar-refractivity contribution in [2.45, 2.75) is 51.2 Å². The molecule has 0 saturated carbocycles. The van der Waals surface area contributed by atoms with Crippen LogP contribution >= 0.6 is 0 Å². The van der Waals surface area contributed by atoms with Gasteiger partial charge < -0.3 is 15.2 Å². The molecule has 0 spiro atoms. The second-order valence-electron chi connectivity index (χ2n) is 7.26. The Hall–Kier alpha value is -3.18. The van der Waals surface area contributed by atoms with Crippen molar-refractivity contribution in [2.75, 3.05) is 18.4 Å². The number of aromatic nitrogens is 3. The Morgan fingerprint density at radius 3 is 2.74 bits per heavy atom. The van der Waals surface area contributed by atoms with Crippen LogP contribution in [0.4, 0.5) is 24.5 Å². The summed E-state index contributed by atoms with van der Waals surface area (Å²) in [5.74, 6) is 1.52. The third-order valence-electron chi connectivity index (χ3n) is 5.05. The second kappa shape index (κ2) is 9.75. The summed E-state index contributed by atoms with van der Waals surface area (Å²) in [6.45, 7) is 1.29. The highest BCUT2D eigenvalue weighted by Gasteiger charge is 2.33. The number of nitro benzene ring substituents is 1. The minimum atomic E-state index is -4.67. The number of nitro groups is 1. The van der Waals surface area contributed by atoms with Crippen LogP contribution in [0.3, 0.4) is 0 Å². The average molecular weight is 440 g/mol. The van der Waals surface area contributed by atoms with Gasteiger partial charge in [0.15, 0.2) is 0 Å². The van der Waals surface area contributed by atoms with E-state index in [2.05, 4.69) is 25.4 Å². The Morgan fingerprint density at radius 1 is 1.19 bits per heavy atom. The zero-order chi connectivity index (χ0) is 22.4. The maximum absolute atomic E-state index is 12.7. The fourth-order valence-electron chi connectivity index (χ4n) is 3.45. The first-order chi connectivity index (χ1) is 14.8. The number of fused-ring (bicyclic) bond motifs is 1. The Kier molecular flexibility index (Phi) is 7.08. The van der Waals surface area contributed by atoms with Crippen LogP contribution in [0.2, 0.25) is 0 Å². The molecule has 9 nitrogen and oxygen atoms in total. The normalized spacial score (nSPS) is 13.9. The molecule has 0 unspecified atom stereocenters. The molecule has 1 amide bonds. The van der Waals surface area contributed by atoms with Gasteiger partial charge in [0.25, 0.3) is 5.69 Å². The second-order valence-corrected chi connectivity index (χ2v) is 7.26. The van der Waals surface area contributed by atoms with Gasteiger partial charge >= 0.3 is 6.18 Å². The molecule has 0 fully saturated rings. The van der Waals surface area contributed by atoms with E-state index in [-0.39, 0.29) is 24.6 Å². The molecule has 2 heterocycles. The van der Waals surface area contributed by atoms with Crippen molar-refractivity contribution in [3.05, 3.63) is 45.5 Å². The van der Waals surface area contributed by atoms with E-state index in [1.54, 1.807) is 0 Å². The van der Waals surface area contributed by atoms with Gasteiger partial charge in [-0.15, -0.1) is 10.2 Å². The summed E-state index contributed by atoms with van der Waals surface area (Å²) >= 11 is 0. The van der Waals surface area contributed by atoms with Gasteiger partial charge in [-0.1, -0.05) is 6.42 Å². The number of benzene rings is 1. The molecule has 1 aromatic heterocycles. The molecule has 31 heavy (non-hydrogen) atoms. The van der Waals surface area contributed by atoms with Crippen molar-refractivity contribution in [2.24, 2.45) is 0 Å². The lowest BCUT2D eigenvalue weighted by molar-refractivity contribution is -0.384. The van der Waals surface area contributed by atoms with Crippen LogP contribution in [-0.2, 0) is 30.4 Å². The molecule has 0 atom stereocenters. The number of rotatable bonds is 8. The van der Waals surface area contributed by atoms with E-state index < -0.39 is 22.4 Å². The maximum atomic E-state index is 12.7. The van der Waals surface area contributed by atoms with Crippen LogP contribution in [0.25, 0.3) is 0 Å². The number of carbonyl (C=O) groups excluding carboxylic acids is 1. The van der Waals surface area contributed by atoms with Gasteiger partial charge in [-0.25, -0.2) is 0 Å². The number of aryl methyl sites for hydroxylation is 1. The number of alkyl halides is 3. The Labute approximate surface area is 176 Å². The van der Waals surface area contributed by atoms with Crippen LogP contribution in [-0.4, -0.2) is 38.7 Å². The lowest BCUT2D eigenvalue weighted by Crippen LogP contribution is -2.28. The molecule has 1 aromatic carbocycles. The highest BCUT2D eigenvalue weighted by Crippen LogP contribution is 2.34. The van der Waals surface area contributed by atoms with Crippen molar-refractivity contribution in [3.8, 4) is 0 Å². The number of halogens is 3. The highest BCUT2D eigenvalue weighted by atomic mass is 19.4. The molecule has 0 radical (unpaired) electrons. The summed E-state index contributed by atoms with van der Waals surface area (Å²) in [5, 5.41) is 24.9. The van der Waals surface area contributed by atoms with Crippen LogP contribution in [0, 0.1) is 10.1 Å². The number of hydrogen-bond donors (Lipinski definition) is 2. The molecule has 3 rings (SSSR count). The summed E-state index contributed by atoms with van der Waals surface area (Å²) < 4.78 is 40.3. The standard InChI is InChI=1S/C19H23F3N6O3/c20-19(21,22)13-5-6-14(15(12-13)28(30)31)23-10-8-18(29)24-9-7-17-26-25-16-4-2-1-3-11-27(16)17/h5-6,12,23H,1-4,7-11H2,(H,24,29). The van der Waals surface area contributed by atoms with Gasteiger partial charge in [0, 0.05) is 45.0 Å². The van der Waals surface area contributed by atoms with E-state index in [1.807, 2.05) is 0 Å². The third-order valence-corrected chi connectivity index (χ3v) is 5.05. The van der Waals surface area contributed by atoms with Crippen LogP contribution < -0.4 is 10.6 Å². The van der Waals surface area contributed by atoms with Crippen molar-refractivity contribution in [3.63, 3.8) is 0 Å². The minimum Gasteiger partial charge on any atom is -0.379 e. The molecular weight excluding hydrogens is 417 g/mol. The van der Waals surface area contributed by atoms with Crippen LogP contribution in [0.15, 0.2) is 18.2 Å². The quantitative estimate of drug-likeness (QED) is 0.482. The molecule has 0 saturated heterocycles. The summed E-state index contributed by atoms with van der Waals surface area (Å²) in [4.78, 5) is 22.2. The molecular formula is C19H23F3N6O3. The number of nitrogens with one attached hydrogen (secondary N) is 2. The van der Waals surface area contributed by atoms with Crippen molar-refractivity contribution in [1.82, 2.24) is 20.1 Å². The Bertz CT molecular complexity index is 944. The summed E-state index contributed by atoms with van der Waals surface area (Å²) in [6.07, 6.45) is 0.106. The molecule has 2 aromatic rings. The first-order valence-electron chi connectivity index (χ1n) is 10.0. The molecule has 0 aliphatic carbocycles. The fourth-order valence-corrected chi connectivity index (χ4v) is 3.45. The van der Waals surface area contributed by atoms with Gasteiger partial charge in [-0.05, 0) is 25.0 Å². The number of nitrogens with zero attached hydrogens (tertiary/aromatic N) is 4. The zero-order valence-electron chi connectivity index (χ0n) is 16.7. The molecule has 1 aliphatic rings. The van der Waals surface area contributed by atoms with Gasteiger partial charge in [0.1, 0.15) is 17.3 Å². The lowest BCUT2D eigenvalue weighted by atomic mass is 10.1. The molecule has 12 heteroatoms. The SMILES string of the molecule is O=C(CCNc1ccc(C(F)(F)F)cc1[N+](=O)[O-])NCCc1nnc2n1CCCCC2. The predicted molar refractivity (Wildman–Crippen MR) is 105 cm³/mol. The topological polar surface area (TPSA) is 115 Å². The van der Waals surface area contributed by atoms with Crippen molar-refractivity contribution < 1.29 is 22.9 Å². The minimum absolute atomic E-state index is 0.0100. The molecule has 2 N–H and O–H groups in total. The first-order valence-corrected chi connectivity index (χ1v) is 10.0. The number of carbonyl (C=O) groups is 1. The van der Waals surface area contributed by atoms with Crippen molar-refractivity contribution >= 4 is 17.3 Å². The van der Waals surface area contributed by atoms with Crippen LogP contribution in [0.1, 0.15) is 42.9 Å². The fraction of sp³-hybridized carbons (Fsp3) is 0.526. The summed E-state index contributed by atoms with van der Waals surface area (Å²) in [5.41, 5.74) is -1.87. The first kappa shape index (κ1) is 22.5. The Morgan fingerprint density at radius 2 is 2.00 bits per heavy atom. The molecule has 0 bridgehead atoms. The predicted octanol–water partition coefficient (Wildman–Crippen LogP) is 3.09. The summed E-state index contributed by atoms with van der Waals surface area (Å²) in [7, 11) is 0.